The maximum Gasteiger partial charge on any atom is 0.360 e. The van der Waals surface area contributed by atoms with Gasteiger partial charge in [-0.1, -0.05) is 43.0 Å². The molecule has 41 heavy (non-hydrogen) atoms. The molecule has 1 aromatic carbocycles. The van der Waals surface area contributed by atoms with Crippen molar-refractivity contribution in [1.29, 1.82) is 0 Å². The second kappa shape index (κ2) is 11.5. The second-order valence-corrected chi connectivity index (χ2v) is 12.8. The average molecular weight is 564 g/mol. The number of rotatable bonds is 7. The number of nitrogens with zero attached hydrogens (tertiary/aromatic N) is 5. The number of carbonyl (C=O) groups excluding carboxylic acids is 1. The summed E-state index contributed by atoms with van der Waals surface area (Å²) >= 11 is 0. The second-order valence-electron chi connectivity index (χ2n) is 12.8. The minimum absolute atomic E-state index is 0.0601. The minimum atomic E-state index is -1.43. The van der Waals surface area contributed by atoms with E-state index in [0.717, 1.165) is 37.5 Å². The van der Waals surface area contributed by atoms with Gasteiger partial charge in [-0.3, -0.25) is 14.5 Å². The van der Waals surface area contributed by atoms with Gasteiger partial charge in [0.05, 0.1) is 11.0 Å². The van der Waals surface area contributed by atoms with E-state index < -0.39 is 23.8 Å². The van der Waals surface area contributed by atoms with Crippen molar-refractivity contribution >= 4 is 28.6 Å². The van der Waals surface area contributed by atoms with Crippen molar-refractivity contribution in [2.45, 2.75) is 94.8 Å². The van der Waals surface area contributed by atoms with E-state index in [1.54, 1.807) is 24.7 Å². The van der Waals surface area contributed by atoms with Gasteiger partial charge in [0.25, 0.3) is 11.5 Å². The average Bonchev–Trinajstić information content (AvgIpc) is 2.94. The molecule has 4 aliphatic rings. The minimum Gasteiger partial charge on any atom is -0.476 e. The fraction of sp³-hybridized carbons (Fsp3) is 0.645. The van der Waals surface area contributed by atoms with Gasteiger partial charge in [0, 0.05) is 38.3 Å². The monoisotopic (exact) mass is 563 g/mol. The van der Waals surface area contributed by atoms with Gasteiger partial charge in [-0.05, 0) is 68.9 Å². The van der Waals surface area contributed by atoms with Crippen molar-refractivity contribution < 1.29 is 19.5 Å². The first-order valence-corrected chi connectivity index (χ1v) is 15.2. The number of piperidine rings is 2. The van der Waals surface area contributed by atoms with Crippen LogP contribution in [0, 0.1) is 11.8 Å². The van der Waals surface area contributed by atoms with E-state index in [2.05, 4.69) is 15.0 Å². The number of carboxylic acid groups (broad SMARTS) is 1. The number of carbonyl (C=O) groups is 2. The molecule has 6 rings (SSSR count). The molecule has 10 heteroatoms. The Balaban J connectivity index is 1.33. The van der Waals surface area contributed by atoms with Crippen LogP contribution in [0.5, 0.6) is 0 Å². The summed E-state index contributed by atoms with van der Waals surface area (Å²) in [7, 11) is 3.13. The van der Waals surface area contributed by atoms with Crippen molar-refractivity contribution in [2.24, 2.45) is 17.0 Å². The number of para-hydroxylation sites is 2. The third-order valence-corrected chi connectivity index (χ3v) is 9.96. The summed E-state index contributed by atoms with van der Waals surface area (Å²) in [6.07, 6.45) is 13.4. The number of hydrogen-bond donors (Lipinski definition) is 1. The SMILES string of the molecule is CN(C)C(=O)CO/N=C(\C(=O)O)c1nc2ccccc2n([C@H]2C[C@H]3CCC[C@@H](C2)N3[C@H]2C[C@@H]3CCC[C@@H](C3)C2)c1=O. The number of likely N-dealkylation sites (N-methyl/N-ethyl adjacent to an activating group) is 1. The third-order valence-electron chi connectivity index (χ3n) is 9.96. The molecule has 2 aromatic rings. The van der Waals surface area contributed by atoms with Gasteiger partial charge >= 0.3 is 5.97 Å². The first kappa shape index (κ1) is 27.9. The zero-order valence-corrected chi connectivity index (χ0v) is 24.1. The quantitative estimate of drug-likeness (QED) is 0.402. The Morgan fingerprint density at radius 2 is 1.61 bits per heavy atom. The van der Waals surface area contributed by atoms with Crippen LogP contribution in [0.4, 0.5) is 0 Å². The van der Waals surface area contributed by atoms with Crippen LogP contribution in [0.1, 0.15) is 82.4 Å². The van der Waals surface area contributed by atoms with Crippen LogP contribution in [-0.4, -0.2) is 80.9 Å². The zero-order valence-electron chi connectivity index (χ0n) is 24.1. The van der Waals surface area contributed by atoms with Crippen LogP contribution >= 0.6 is 0 Å². The standard InChI is InChI=1S/C31H41N5O5/c1-34(2)27(37)18-41-33-29(31(39)40)28-30(38)36(26-12-4-3-11-25(26)32-28)24-16-21-9-6-10-22(17-24)35(21)23-14-19-7-5-8-20(13-19)15-23/h3-4,11-12,19-24H,5-10,13-18H2,1-2H3,(H,39,40)/b33-29-/t19-,20+,21-,22+,23+,24+. The summed E-state index contributed by atoms with van der Waals surface area (Å²) < 4.78 is 1.78. The van der Waals surface area contributed by atoms with E-state index in [9.17, 15) is 19.5 Å². The molecule has 3 heterocycles. The van der Waals surface area contributed by atoms with Crippen molar-refractivity contribution in [3.8, 4) is 0 Å². The maximum absolute atomic E-state index is 14.1. The molecule has 10 nitrogen and oxygen atoms in total. The zero-order chi connectivity index (χ0) is 28.7. The topological polar surface area (TPSA) is 117 Å². The van der Waals surface area contributed by atoms with E-state index >= 15 is 0 Å². The molecule has 1 N–H and O–H groups in total. The number of oxime groups is 1. The number of aliphatic carboxylic acids is 1. The number of benzene rings is 1. The number of hydrogen-bond acceptors (Lipinski definition) is 7. The normalized spacial score (nSPS) is 30.1. The smallest absolute Gasteiger partial charge is 0.360 e. The predicted octanol–water partition coefficient (Wildman–Crippen LogP) is 3.82. The lowest BCUT2D eigenvalue weighted by Gasteiger charge is -2.55. The number of aromatic nitrogens is 2. The van der Waals surface area contributed by atoms with Crippen LogP contribution in [0.2, 0.25) is 0 Å². The Bertz CT molecular complexity index is 1380. The lowest BCUT2D eigenvalue weighted by molar-refractivity contribution is -0.134. The van der Waals surface area contributed by atoms with Crippen LogP contribution in [0.25, 0.3) is 11.0 Å². The molecule has 0 spiro atoms. The molecule has 1 amide bonds. The fourth-order valence-corrected chi connectivity index (χ4v) is 8.27. The molecule has 2 saturated heterocycles. The van der Waals surface area contributed by atoms with Crippen LogP contribution in [-0.2, 0) is 14.4 Å². The first-order valence-electron chi connectivity index (χ1n) is 15.2. The highest BCUT2D eigenvalue weighted by Gasteiger charge is 2.45. The summed E-state index contributed by atoms with van der Waals surface area (Å²) in [5, 5.41) is 13.7. The van der Waals surface area contributed by atoms with Crippen LogP contribution < -0.4 is 5.56 Å². The van der Waals surface area contributed by atoms with Gasteiger partial charge in [0.1, 0.15) is 0 Å². The molecular weight excluding hydrogens is 522 g/mol. The van der Waals surface area contributed by atoms with Crippen molar-refractivity contribution in [1.82, 2.24) is 19.4 Å². The van der Waals surface area contributed by atoms with Gasteiger partial charge in [-0.15, -0.1) is 0 Å². The summed E-state index contributed by atoms with van der Waals surface area (Å²) in [6, 6.07) is 8.83. The van der Waals surface area contributed by atoms with Gasteiger partial charge in [-0.25, -0.2) is 9.78 Å². The Hall–Kier alpha value is -3.27. The highest BCUT2D eigenvalue weighted by Crippen LogP contribution is 2.47. The molecule has 2 aliphatic carbocycles. The number of carboxylic acids is 1. The molecule has 0 radical (unpaired) electrons. The van der Waals surface area contributed by atoms with Crippen molar-refractivity contribution in [2.75, 3.05) is 20.7 Å². The van der Waals surface area contributed by atoms with E-state index in [-0.39, 0.29) is 17.6 Å². The van der Waals surface area contributed by atoms with E-state index in [4.69, 9.17) is 4.84 Å². The van der Waals surface area contributed by atoms with Crippen molar-refractivity contribution in [3.05, 3.63) is 40.3 Å². The van der Waals surface area contributed by atoms with Crippen LogP contribution in [0.15, 0.2) is 34.2 Å². The predicted molar refractivity (Wildman–Crippen MR) is 155 cm³/mol. The van der Waals surface area contributed by atoms with Crippen LogP contribution in [0.3, 0.4) is 0 Å². The van der Waals surface area contributed by atoms with E-state index in [1.165, 1.54) is 49.8 Å². The maximum atomic E-state index is 14.1. The third kappa shape index (κ3) is 5.50. The van der Waals surface area contributed by atoms with E-state index in [1.807, 2.05) is 18.2 Å². The van der Waals surface area contributed by atoms with Gasteiger partial charge in [0.2, 0.25) is 5.71 Å². The molecule has 2 saturated carbocycles. The van der Waals surface area contributed by atoms with Crippen molar-refractivity contribution in [3.63, 3.8) is 0 Å². The fourth-order valence-electron chi connectivity index (χ4n) is 8.27. The van der Waals surface area contributed by atoms with Gasteiger partial charge in [0.15, 0.2) is 12.3 Å². The van der Waals surface area contributed by atoms with Gasteiger partial charge in [-0.2, -0.15) is 0 Å². The molecule has 220 valence electrons. The summed E-state index contributed by atoms with van der Waals surface area (Å²) in [4.78, 5) is 51.9. The largest absolute Gasteiger partial charge is 0.476 e. The lowest BCUT2D eigenvalue weighted by atomic mass is 9.68. The summed E-state index contributed by atoms with van der Waals surface area (Å²) in [5.74, 6) is -0.0704. The highest BCUT2D eigenvalue weighted by atomic mass is 16.6. The molecule has 4 bridgehead atoms. The molecule has 4 fully saturated rings. The number of fused-ring (bicyclic) bond motifs is 5. The molecule has 1 aromatic heterocycles. The van der Waals surface area contributed by atoms with Gasteiger partial charge < -0.3 is 19.4 Å². The number of amides is 1. The Kier molecular flexibility index (Phi) is 7.85. The molecule has 0 unspecified atom stereocenters. The summed E-state index contributed by atoms with van der Waals surface area (Å²) in [5.41, 5.74) is -0.0868. The first-order chi connectivity index (χ1) is 19.8. The van der Waals surface area contributed by atoms with E-state index in [0.29, 0.717) is 29.2 Å². The Morgan fingerprint density at radius 1 is 0.951 bits per heavy atom. The molecular formula is C31H41N5O5. The Morgan fingerprint density at radius 3 is 2.27 bits per heavy atom. The summed E-state index contributed by atoms with van der Waals surface area (Å²) in [6.45, 7) is -0.434. The molecule has 6 atom stereocenters. The highest BCUT2D eigenvalue weighted by molar-refractivity contribution is 6.41. The Labute approximate surface area is 240 Å². The lowest BCUT2D eigenvalue weighted by Crippen LogP contribution is -2.58. The molecule has 2 aliphatic heterocycles.